The van der Waals surface area contributed by atoms with Crippen molar-refractivity contribution in [2.24, 2.45) is 17.6 Å². The number of aliphatic hydroxyl groups is 1. The normalized spacial score (nSPS) is 20.2. The van der Waals surface area contributed by atoms with Gasteiger partial charge < -0.3 is 15.6 Å². The Bertz CT molecular complexity index is 390. The third-order valence-corrected chi connectivity index (χ3v) is 4.09. The van der Waals surface area contributed by atoms with E-state index >= 15 is 0 Å². The van der Waals surface area contributed by atoms with Crippen LogP contribution >= 0.6 is 0 Å². The van der Waals surface area contributed by atoms with Gasteiger partial charge in [-0.3, -0.25) is 0 Å². The second-order valence-corrected chi connectivity index (χ2v) is 5.31. The Morgan fingerprint density at radius 2 is 2.17 bits per heavy atom. The van der Waals surface area contributed by atoms with Crippen molar-refractivity contribution in [3.8, 4) is 5.75 Å². The third kappa shape index (κ3) is 2.85. The van der Waals surface area contributed by atoms with Gasteiger partial charge in [0.2, 0.25) is 0 Å². The van der Waals surface area contributed by atoms with E-state index in [1.165, 1.54) is 12.8 Å². The maximum Gasteiger partial charge on any atom is 0.119 e. The van der Waals surface area contributed by atoms with Gasteiger partial charge in [0.25, 0.3) is 0 Å². The van der Waals surface area contributed by atoms with Gasteiger partial charge in [0.1, 0.15) is 5.75 Å². The van der Waals surface area contributed by atoms with Crippen LogP contribution in [0.4, 0.5) is 0 Å². The van der Waals surface area contributed by atoms with Crippen LogP contribution in [0.1, 0.15) is 31.2 Å². The summed E-state index contributed by atoms with van der Waals surface area (Å²) < 4.78 is 5.23. The molecular formula is C15H23NO2. The molecule has 3 heteroatoms. The van der Waals surface area contributed by atoms with Crippen molar-refractivity contribution in [3.63, 3.8) is 0 Å². The molecule has 3 unspecified atom stereocenters. The van der Waals surface area contributed by atoms with Gasteiger partial charge in [0, 0.05) is 12.5 Å². The largest absolute Gasteiger partial charge is 0.497 e. The first kappa shape index (κ1) is 13.4. The highest BCUT2D eigenvalue weighted by Crippen LogP contribution is 2.41. The maximum atomic E-state index is 10.5. The number of benzene rings is 1. The zero-order valence-electron chi connectivity index (χ0n) is 11.2. The molecule has 0 spiro atoms. The summed E-state index contributed by atoms with van der Waals surface area (Å²) in [5, 5.41) is 10.5. The van der Waals surface area contributed by atoms with Crippen LogP contribution in [0.25, 0.3) is 0 Å². The molecule has 3 atom stereocenters. The van der Waals surface area contributed by atoms with Gasteiger partial charge >= 0.3 is 0 Å². The molecule has 2 rings (SSSR count). The van der Waals surface area contributed by atoms with E-state index in [2.05, 4.69) is 6.92 Å². The summed E-state index contributed by atoms with van der Waals surface area (Å²) in [5.41, 5.74) is 6.92. The van der Waals surface area contributed by atoms with Gasteiger partial charge in [-0.1, -0.05) is 19.1 Å². The Balaban J connectivity index is 2.15. The lowest BCUT2D eigenvalue weighted by atomic mass is 9.84. The first-order chi connectivity index (χ1) is 8.67. The van der Waals surface area contributed by atoms with Gasteiger partial charge in [-0.2, -0.15) is 0 Å². The number of ether oxygens (including phenoxy) is 1. The Hall–Kier alpha value is -1.06. The first-order valence-electron chi connectivity index (χ1n) is 6.69. The number of methoxy groups -OCH3 is 1. The van der Waals surface area contributed by atoms with Gasteiger partial charge in [0.05, 0.1) is 13.2 Å². The molecule has 1 fully saturated rings. The summed E-state index contributed by atoms with van der Waals surface area (Å²) in [6, 6.07) is 7.85. The van der Waals surface area contributed by atoms with E-state index in [9.17, 15) is 5.11 Å². The van der Waals surface area contributed by atoms with Crippen LogP contribution in [0.15, 0.2) is 24.3 Å². The zero-order valence-corrected chi connectivity index (χ0v) is 11.2. The van der Waals surface area contributed by atoms with Gasteiger partial charge in [0.15, 0.2) is 0 Å². The highest BCUT2D eigenvalue weighted by Gasteiger charge is 2.36. The molecular weight excluding hydrogens is 226 g/mol. The van der Waals surface area contributed by atoms with Gasteiger partial charge in [-0.15, -0.1) is 0 Å². The highest BCUT2D eigenvalue weighted by molar-refractivity contribution is 5.31. The Morgan fingerprint density at radius 3 is 2.72 bits per heavy atom. The number of hydrogen-bond donors (Lipinski definition) is 2. The van der Waals surface area contributed by atoms with E-state index in [-0.39, 0.29) is 12.0 Å². The molecule has 18 heavy (non-hydrogen) atoms. The van der Waals surface area contributed by atoms with Crippen molar-refractivity contribution >= 4 is 0 Å². The molecule has 1 aromatic rings. The van der Waals surface area contributed by atoms with E-state index in [1.807, 2.05) is 24.3 Å². The average Bonchev–Trinajstić information content (AvgIpc) is 3.23. The molecule has 1 aromatic carbocycles. The molecule has 1 aliphatic rings. The molecule has 100 valence electrons. The molecule has 0 bridgehead atoms. The maximum absolute atomic E-state index is 10.5. The van der Waals surface area contributed by atoms with Crippen molar-refractivity contribution in [1.29, 1.82) is 0 Å². The molecule has 1 saturated carbocycles. The summed E-state index contributed by atoms with van der Waals surface area (Å²) in [4.78, 5) is 0. The van der Waals surface area contributed by atoms with Crippen LogP contribution in [0, 0.1) is 11.8 Å². The topological polar surface area (TPSA) is 55.5 Å². The lowest BCUT2D eigenvalue weighted by Gasteiger charge is -2.27. The minimum absolute atomic E-state index is 0.00398. The van der Waals surface area contributed by atoms with E-state index < -0.39 is 0 Å². The zero-order chi connectivity index (χ0) is 13.1. The second kappa shape index (κ2) is 5.72. The quantitative estimate of drug-likeness (QED) is 0.812. The number of aliphatic hydroxyl groups excluding tert-OH is 1. The van der Waals surface area contributed by atoms with E-state index in [4.69, 9.17) is 10.5 Å². The highest BCUT2D eigenvalue weighted by atomic mass is 16.5. The SMILES string of the molecule is COc1cccc(C(CN)C(O)C(C)C2CC2)c1. The molecule has 0 amide bonds. The fourth-order valence-electron chi connectivity index (χ4n) is 2.61. The summed E-state index contributed by atoms with van der Waals surface area (Å²) in [6.07, 6.45) is 2.12. The van der Waals surface area contributed by atoms with Crippen LogP contribution in [-0.2, 0) is 0 Å². The standard InChI is InChI=1S/C15H23NO2/c1-10(11-6-7-11)15(17)14(9-16)12-4-3-5-13(8-12)18-2/h3-5,8,10-11,14-15,17H,6-7,9,16H2,1-2H3. The molecule has 3 N–H and O–H groups in total. The molecule has 0 heterocycles. The number of rotatable bonds is 6. The smallest absolute Gasteiger partial charge is 0.119 e. The third-order valence-electron chi connectivity index (χ3n) is 4.09. The van der Waals surface area contributed by atoms with E-state index in [0.29, 0.717) is 18.4 Å². The van der Waals surface area contributed by atoms with Crippen molar-refractivity contribution in [2.75, 3.05) is 13.7 Å². The molecule has 0 aromatic heterocycles. The van der Waals surface area contributed by atoms with Crippen LogP contribution in [-0.4, -0.2) is 24.9 Å². The fourth-order valence-corrected chi connectivity index (χ4v) is 2.61. The lowest BCUT2D eigenvalue weighted by molar-refractivity contribution is 0.0800. The monoisotopic (exact) mass is 249 g/mol. The molecule has 0 aliphatic heterocycles. The van der Waals surface area contributed by atoms with Crippen LogP contribution in [0.3, 0.4) is 0 Å². The fraction of sp³-hybridized carbons (Fsp3) is 0.600. The molecule has 0 radical (unpaired) electrons. The molecule has 3 nitrogen and oxygen atoms in total. The number of nitrogens with two attached hydrogens (primary N) is 1. The second-order valence-electron chi connectivity index (χ2n) is 5.31. The minimum atomic E-state index is -0.366. The number of hydrogen-bond acceptors (Lipinski definition) is 3. The van der Waals surface area contributed by atoms with Crippen molar-refractivity contribution in [1.82, 2.24) is 0 Å². The van der Waals surface area contributed by atoms with Crippen molar-refractivity contribution < 1.29 is 9.84 Å². The average molecular weight is 249 g/mol. The van der Waals surface area contributed by atoms with Crippen LogP contribution < -0.4 is 10.5 Å². The molecule has 0 saturated heterocycles. The Kier molecular flexibility index (Phi) is 4.25. The van der Waals surface area contributed by atoms with Crippen LogP contribution in [0.2, 0.25) is 0 Å². The van der Waals surface area contributed by atoms with E-state index in [0.717, 1.165) is 11.3 Å². The van der Waals surface area contributed by atoms with Crippen molar-refractivity contribution in [3.05, 3.63) is 29.8 Å². The van der Waals surface area contributed by atoms with Crippen LogP contribution in [0.5, 0.6) is 5.75 Å². The summed E-state index contributed by atoms with van der Waals surface area (Å²) >= 11 is 0. The summed E-state index contributed by atoms with van der Waals surface area (Å²) in [7, 11) is 1.65. The first-order valence-corrected chi connectivity index (χ1v) is 6.69. The van der Waals surface area contributed by atoms with Gasteiger partial charge in [-0.05, 0) is 42.4 Å². The summed E-state index contributed by atoms with van der Waals surface area (Å²) in [6.45, 7) is 2.59. The predicted octanol–water partition coefficient (Wildman–Crippen LogP) is 2.14. The van der Waals surface area contributed by atoms with E-state index in [1.54, 1.807) is 7.11 Å². The summed E-state index contributed by atoms with van der Waals surface area (Å²) in [5.74, 6) is 1.82. The Labute approximate surface area is 109 Å². The lowest BCUT2D eigenvalue weighted by Crippen LogP contribution is -2.32. The van der Waals surface area contributed by atoms with Crippen molar-refractivity contribution in [2.45, 2.75) is 31.8 Å². The molecule has 1 aliphatic carbocycles. The minimum Gasteiger partial charge on any atom is -0.497 e. The Morgan fingerprint density at radius 1 is 1.44 bits per heavy atom. The van der Waals surface area contributed by atoms with Gasteiger partial charge in [-0.25, -0.2) is 0 Å². The predicted molar refractivity (Wildman–Crippen MR) is 72.7 cm³/mol.